The van der Waals surface area contributed by atoms with Gasteiger partial charge in [-0.1, -0.05) is 18.6 Å². The van der Waals surface area contributed by atoms with Crippen LogP contribution in [-0.4, -0.2) is 59.1 Å². The third-order valence-electron chi connectivity index (χ3n) is 3.75. The number of rotatable bonds is 6. The van der Waals surface area contributed by atoms with Crippen molar-refractivity contribution in [3.05, 3.63) is 12.2 Å². The summed E-state index contributed by atoms with van der Waals surface area (Å²) < 4.78 is 0. The van der Waals surface area contributed by atoms with Crippen molar-refractivity contribution >= 4 is 5.91 Å². The average molecular weight is 268 g/mol. The minimum atomic E-state index is -0.371. The molecular formula is C15H28N2O2. The van der Waals surface area contributed by atoms with Crippen LogP contribution in [0.15, 0.2) is 12.2 Å². The number of likely N-dealkylation sites (tertiary alicyclic amines) is 1. The number of piperidine rings is 1. The number of aliphatic hydroxyl groups is 1. The molecule has 1 fully saturated rings. The van der Waals surface area contributed by atoms with E-state index in [0.717, 1.165) is 31.4 Å². The van der Waals surface area contributed by atoms with Crippen molar-refractivity contribution in [1.82, 2.24) is 9.80 Å². The summed E-state index contributed by atoms with van der Waals surface area (Å²) in [7, 11) is 0. The largest absolute Gasteiger partial charge is 0.392 e. The van der Waals surface area contributed by atoms with Crippen molar-refractivity contribution in [2.75, 3.05) is 26.2 Å². The summed E-state index contributed by atoms with van der Waals surface area (Å²) >= 11 is 0. The van der Waals surface area contributed by atoms with Gasteiger partial charge in [0.25, 0.3) is 0 Å². The maximum absolute atomic E-state index is 12.3. The lowest BCUT2D eigenvalue weighted by molar-refractivity contribution is -0.133. The van der Waals surface area contributed by atoms with Gasteiger partial charge in [-0.15, -0.1) is 0 Å². The highest BCUT2D eigenvalue weighted by molar-refractivity contribution is 5.78. The van der Waals surface area contributed by atoms with Crippen LogP contribution < -0.4 is 0 Å². The standard InChI is InChI=1S/C15H28N2O2/c1-5-16(10-12(2)3)15(19)11-17-9-7-6-8-14(17)13(4)18/h13-14,18H,2,5-11H2,1,3-4H3. The molecule has 0 aromatic heterocycles. The Hall–Kier alpha value is -0.870. The molecule has 1 N–H and O–H groups in total. The summed E-state index contributed by atoms with van der Waals surface area (Å²) in [5.41, 5.74) is 1.00. The van der Waals surface area contributed by atoms with Crippen molar-refractivity contribution in [3.63, 3.8) is 0 Å². The van der Waals surface area contributed by atoms with E-state index in [4.69, 9.17) is 0 Å². The predicted octanol–water partition coefficient (Wildman–Crippen LogP) is 1.65. The van der Waals surface area contributed by atoms with Crippen LogP contribution in [-0.2, 0) is 4.79 Å². The molecule has 1 saturated heterocycles. The molecule has 0 aromatic carbocycles. The summed E-state index contributed by atoms with van der Waals surface area (Å²) in [5.74, 6) is 0.137. The molecule has 1 rings (SSSR count). The van der Waals surface area contributed by atoms with E-state index in [1.165, 1.54) is 0 Å². The topological polar surface area (TPSA) is 43.8 Å². The quantitative estimate of drug-likeness (QED) is 0.745. The SMILES string of the molecule is C=C(C)CN(CC)C(=O)CN1CCCCC1C(C)O. The van der Waals surface area contributed by atoms with Crippen LogP contribution in [0.1, 0.15) is 40.0 Å². The predicted molar refractivity (Wildman–Crippen MR) is 78.0 cm³/mol. The number of amides is 1. The number of hydrogen-bond donors (Lipinski definition) is 1. The lowest BCUT2D eigenvalue weighted by Crippen LogP contribution is -2.50. The van der Waals surface area contributed by atoms with Crippen LogP contribution in [0.2, 0.25) is 0 Å². The van der Waals surface area contributed by atoms with Crippen LogP contribution >= 0.6 is 0 Å². The monoisotopic (exact) mass is 268 g/mol. The number of likely N-dealkylation sites (N-methyl/N-ethyl adjacent to an activating group) is 1. The zero-order valence-electron chi connectivity index (χ0n) is 12.6. The molecule has 0 aromatic rings. The van der Waals surface area contributed by atoms with Gasteiger partial charge in [0.05, 0.1) is 12.6 Å². The van der Waals surface area contributed by atoms with Crippen LogP contribution in [0.25, 0.3) is 0 Å². The Morgan fingerprint density at radius 2 is 2.21 bits per heavy atom. The van der Waals surface area contributed by atoms with Crippen molar-refractivity contribution in [2.24, 2.45) is 0 Å². The molecule has 2 unspecified atom stereocenters. The summed E-state index contributed by atoms with van der Waals surface area (Å²) in [6.07, 6.45) is 2.87. The van der Waals surface area contributed by atoms with Gasteiger partial charge >= 0.3 is 0 Å². The van der Waals surface area contributed by atoms with Gasteiger partial charge in [0.1, 0.15) is 0 Å². The second-order valence-electron chi connectivity index (χ2n) is 5.64. The third kappa shape index (κ3) is 4.96. The maximum Gasteiger partial charge on any atom is 0.237 e. The Morgan fingerprint density at radius 3 is 2.74 bits per heavy atom. The van der Waals surface area contributed by atoms with Gasteiger partial charge in [-0.25, -0.2) is 0 Å². The maximum atomic E-state index is 12.3. The lowest BCUT2D eigenvalue weighted by Gasteiger charge is -2.38. The third-order valence-corrected chi connectivity index (χ3v) is 3.75. The molecule has 0 bridgehead atoms. The van der Waals surface area contributed by atoms with Gasteiger partial charge < -0.3 is 10.0 Å². The van der Waals surface area contributed by atoms with Gasteiger partial charge in [-0.2, -0.15) is 0 Å². The van der Waals surface area contributed by atoms with Gasteiger partial charge in [-0.05, 0) is 40.2 Å². The van der Waals surface area contributed by atoms with Crippen molar-refractivity contribution < 1.29 is 9.90 Å². The number of carbonyl (C=O) groups excluding carboxylic acids is 1. The van der Waals surface area contributed by atoms with Gasteiger partial charge in [0, 0.05) is 19.1 Å². The normalized spacial score (nSPS) is 22.0. The minimum absolute atomic E-state index is 0.126. The molecule has 0 radical (unpaired) electrons. The van der Waals surface area contributed by atoms with E-state index in [-0.39, 0.29) is 18.1 Å². The molecule has 0 aliphatic carbocycles. The van der Waals surface area contributed by atoms with E-state index in [1.807, 2.05) is 25.7 Å². The summed E-state index contributed by atoms with van der Waals surface area (Å²) in [4.78, 5) is 16.3. The van der Waals surface area contributed by atoms with Crippen molar-refractivity contribution in [3.8, 4) is 0 Å². The first-order valence-electron chi connectivity index (χ1n) is 7.30. The minimum Gasteiger partial charge on any atom is -0.392 e. The molecule has 0 spiro atoms. The van der Waals surface area contributed by atoms with E-state index in [0.29, 0.717) is 19.6 Å². The van der Waals surface area contributed by atoms with Crippen LogP contribution in [0.5, 0.6) is 0 Å². The molecule has 4 nitrogen and oxygen atoms in total. The highest BCUT2D eigenvalue weighted by Crippen LogP contribution is 2.19. The molecule has 0 saturated carbocycles. The zero-order chi connectivity index (χ0) is 14.4. The van der Waals surface area contributed by atoms with E-state index in [2.05, 4.69) is 11.5 Å². The van der Waals surface area contributed by atoms with Gasteiger partial charge in [-0.3, -0.25) is 9.69 Å². The molecule has 4 heteroatoms. The van der Waals surface area contributed by atoms with E-state index in [1.54, 1.807) is 0 Å². The molecular weight excluding hydrogens is 240 g/mol. The van der Waals surface area contributed by atoms with Crippen molar-refractivity contribution in [2.45, 2.75) is 52.2 Å². The molecule has 110 valence electrons. The highest BCUT2D eigenvalue weighted by Gasteiger charge is 2.28. The Kier molecular flexibility index (Phi) is 6.52. The summed E-state index contributed by atoms with van der Waals surface area (Å²) in [6, 6.07) is 0.126. The Bertz CT molecular complexity index is 315. The van der Waals surface area contributed by atoms with Crippen LogP contribution in [0, 0.1) is 0 Å². The summed E-state index contributed by atoms with van der Waals surface area (Å²) in [5, 5.41) is 9.82. The van der Waals surface area contributed by atoms with E-state index < -0.39 is 0 Å². The second-order valence-corrected chi connectivity index (χ2v) is 5.64. The number of carbonyl (C=O) groups is 1. The Morgan fingerprint density at radius 1 is 1.53 bits per heavy atom. The molecule has 19 heavy (non-hydrogen) atoms. The first-order valence-corrected chi connectivity index (χ1v) is 7.30. The Balaban J connectivity index is 2.59. The average Bonchev–Trinajstić information content (AvgIpc) is 2.35. The molecule has 1 amide bonds. The molecule has 1 aliphatic heterocycles. The van der Waals surface area contributed by atoms with Gasteiger partial charge in [0.15, 0.2) is 0 Å². The first-order chi connectivity index (χ1) is 8.95. The van der Waals surface area contributed by atoms with Crippen LogP contribution in [0.3, 0.4) is 0 Å². The molecule has 1 aliphatic rings. The first kappa shape index (κ1) is 16.2. The molecule has 1 heterocycles. The van der Waals surface area contributed by atoms with E-state index >= 15 is 0 Å². The van der Waals surface area contributed by atoms with Gasteiger partial charge in [0.2, 0.25) is 5.91 Å². The smallest absolute Gasteiger partial charge is 0.237 e. The number of hydrogen-bond acceptors (Lipinski definition) is 3. The second kappa shape index (κ2) is 7.65. The summed E-state index contributed by atoms with van der Waals surface area (Å²) in [6.45, 7) is 12.3. The highest BCUT2D eigenvalue weighted by atomic mass is 16.3. The van der Waals surface area contributed by atoms with Crippen molar-refractivity contribution in [1.29, 1.82) is 0 Å². The fourth-order valence-corrected chi connectivity index (χ4v) is 2.74. The number of nitrogens with zero attached hydrogens (tertiary/aromatic N) is 2. The Labute approximate surface area is 117 Å². The fraction of sp³-hybridized carbons (Fsp3) is 0.800. The fourth-order valence-electron chi connectivity index (χ4n) is 2.74. The lowest BCUT2D eigenvalue weighted by atomic mass is 9.98. The van der Waals surface area contributed by atoms with E-state index in [9.17, 15) is 9.90 Å². The molecule has 2 atom stereocenters. The number of aliphatic hydroxyl groups excluding tert-OH is 1. The zero-order valence-corrected chi connectivity index (χ0v) is 12.6. The van der Waals surface area contributed by atoms with Crippen LogP contribution in [0.4, 0.5) is 0 Å².